The molecule has 122 valence electrons. The molecule has 3 rings (SSSR count). The Labute approximate surface area is 140 Å². The van der Waals surface area contributed by atoms with Crippen LogP contribution in [0.25, 0.3) is 5.78 Å². The number of hydrogen-bond acceptors (Lipinski definition) is 5. The first-order valence-corrected chi connectivity index (χ1v) is 6.74. The molecule has 2 heterocycles. The summed E-state index contributed by atoms with van der Waals surface area (Å²) in [6, 6.07) is 1.82. The lowest BCUT2D eigenvalue weighted by Gasteiger charge is -2.28. The SMILES string of the molecule is Cc1ccnc2nc(C(=O)NC(C)(CN)C3CC3)nn12.Cl.Cl. The number of nitrogens with two attached hydrogens (primary N) is 1. The summed E-state index contributed by atoms with van der Waals surface area (Å²) in [7, 11) is 0. The Morgan fingerprint density at radius 2 is 2.18 bits per heavy atom. The van der Waals surface area contributed by atoms with Crippen LogP contribution in [0.2, 0.25) is 0 Å². The Hall–Kier alpha value is -1.44. The smallest absolute Gasteiger partial charge is 0.291 e. The fourth-order valence-electron chi connectivity index (χ4n) is 2.36. The van der Waals surface area contributed by atoms with E-state index in [0.29, 0.717) is 18.2 Å². The van der Waals surface area contributed by atoms with Gasteiger partial charge in [-0.25, -0.2) is 9.50 Å². The molecule has 1 unspecified atom stereocenters. The van der Waals surface area contributed by atoms with Crippen molar-refractivity contribution in [3.8, 4) is 0 Å². The average Bonchev–Trinajstić information content (AvgIpc) is 3.19. The summed E-state index contributed by atoms with van der Waals surface area (Å²) in [5, 5.41) is 7.17. The van der Waals surface area contributed by atoms with Crippen molar-refractivity contribution in [2.45, 2.75) is 32.2 Å². The molecule has 2 aromatic rings. The van der Waals surface area contributed by atoms with E-state index in [1.54, 1.807) is 10.7 Å². The van der Waals surface area contributed by atoms with Gasteiger partial charge in [0.15, 0.2) is 0 Å². The molecule has 1 atom stereocenters. The van der Waals surface area contributed by atoms with Gasteiger partial charge in [-0.05, 0) is 38.7 Å². The summed E-state index contributed by atoms with van der Waals surface area (Å²) in [6.45, 7) is 4.27. The van der Waals surface area contributed by atoms with E-state index in [1.165, 1.54) is 0 Å². The van der Waals surface area contributed by atoms with E-state index in [-0.39, 0.29) is 42.1 Å². The highest BCUT2D eigenvalue weighted by Crippen LogP contribution is 2.39. The number of nitrogens with zero attached hydrogens (tertiary/aromatic N) is 4. The third-order valence-electron chi connectivity index (χ3n) is 3.93. The first-order valence-electron chi connectivity index (χ1n) is 6.74. The van der Waals surface area contributed by atoms with E-state index in [9.17, 15) is 4.79 Å². The Morgan fingerprint density at radius 1 is 1.50 bits per heavy atom. The summed E-state index contributed by atoms with van der Waals surface area (Å²) in [5.74, 6) is 0.714. The maximum Gasteiger partial charge on any atom is 0.291 e. The number of halogens is 2. The van der Waals surface area contributed by atoms with Crippen LogP contribution in [-0.2, 0) is 0 Å². The Morgan fingerprint density at radius 3 is 2.73 bits per heavy atom. The maximum atomic E-state index is 12.3. The van der Waals surface area contributed by atoms with Crippen molar-refractivity contribution in [1.29, 1.82) is 0 Å². The number of aromatic nitrogens is 4. The van der Waals surface area contributed by atoms with Crippen LogP contribution in [-0.4, -0.2) is 37.6 Å². The van der Waals surface area contributed by atoms with Gasteiger partial charge in [0.25, 0.3) is 11.7 Å². The molecular weight excluding hydrogens is 327 g/mol. The van der Waals surface area contributed by atoms with Gasteiger partial charge in [-0.15, -0.1) is 29.9 Å². The van der Waals surface area contributed by atoms with Gasteiger partial charge in [0, 0.05) is 18.4 Å². The highest BCUT2D eigenvalue weighted by Gasteiger charge is 2.42. The Bertz CT molecular complexity index is 672. The molecule has 9 heteroatoms. The fourth-order valence-corrected chi connectivity index (χ4v) is 2.36. The molecule has 1 aliphatic rings. The van der Waals surface area contributed by atoms with Crippen molar-refractivity contribution < 1.29 is 4.79 Å². The zero-order valence-electron chi connectivity index (χ0n) is 12.4. The van der Waals surface area contributed by atoms with Gasteiger partial charge in [-0.1, -0.05) is 0 Å². The van der Waals surface area contributed by atoms with Gasteiger partial charge in [-0.3, -0.25) is 4.79 Å². The van der Waals surface area contributed by atoms with Crippen LogP contribution in [0.1, 0.15) is 36.1 Å². The molecule has 22 heavy (non-hydrogen) atoms. The fraction of sp³-hybridized carbons (Fsp3) is 0.538. The normalized spacial score (nSPS) is 16.3. The lowest BCUT2D eigenvalue weighted by atomic mass is 9.96. The van der Waals surface area contributed by atoms with Gasteiger partial charge in [0.05, 0.1) is 5.54 Å². The van der Waals surface area contributed by atoms with Crippen LogP contribution >= 0.6 is 24.8 Å². The van der Waals surface area contributed by atoms with Crippen LogP contribution in [0.5, 0.6) is 0 Å². The Kier molecular flexibility index (Phi) is 5.72. The number of aryl methyl sites for hydroxylation is 1. The molecule has 0 bridgehead atoms. The number of nitrogens with one attached hydrogen (secondary N) is 1. The van der Waals surface area contributed by atoms with Gasteiger partial charge in [0.1, 0.15) is 0 Å². The molecular formula is C13H20Cl2N6O. The monoisotopic (exact) mass is 346 g/mol. The van der Waals surface area contributed by atoms with Crippen LogP contribution < -0.4 is 11.1 Å². The van der Waals surface area contributed by atoms with Crippen LogP contribution in [0.15, 0.2) is 12.3 Å². The number of carbonyl (C=O) groups excluding carboxylic acids is 1. The number of carbonyl (C=O) groups is 1. The summed E-state index contributed by atoms with van der Waals surface area (Å²) in [5.41, 5.74) is 6.30. The zero-order chi connectivity index (χ0) is 14.3. The van der Waals surface area contributed by atoms with Crippen molar-refractivity contribution in [2.75, 3.05) is 6.54 Å². The van der Waals surface area contributed by atoms with E-state index in [0.717, 1.165) is 18.5 Å². The second kappa shape index (κ2) is 6.76. The first kappa shape index (κ1) is 18.6. The zero-order valence-corrected chi connectivity index (χ0v) is 14.1. The number of amides is 1. The lowest BCUT2D eigenvalue weighted by Crippen LogP contribution is -2.53. The topological polar surface area (TPSA) is 98.2 Å². The summed E-state index contributed by atoms with van der Waals surface area (Å²) >= 11 is 0. The molecule has 3 N–H and O–H groups in total. The molecule has 0 spiro atoms. The third kappa shape index (κ3) is 3.31. The first-order chi connectivity index (χ1) is 9.53. The van der Waals surface area contributed by atoms with Crippen LogP contribution in [0, 0.1) is 12.8 Å². The molecule has 1 amide bonds. The lowest BCUT2D eigenvalue weighted by molar-refractivity contribution is 0.0887. The number of hydrogen-bond donors (Lipinski definition) is 2. The molecule has 7 nitrogen and oxygen atoms in total. The van der Waals surface area contributed by atoms with Crippen LogP contribution in [0.4, 0.5) is 0 Å². The molecule has 0 saturated heterocycles. The van der Waals surface area contributed by atoms with Crippen molar-refractivity contribution in [1.82, 2.24) is 24.9 Å². The Balaban J connectivity index is 0.00000121. The minimum atomic E-state index is -0.378. The van der Waals surface area contributed by atoms with Crippen molar-refractivity contribution in [2.24, 2.45) is 11.7 Å². The van der Waals surface area contributed by atoms with Crippen LogP contribution in [0.3, 0.4) is 0 Å². The highest BCUT2D eigenvalue weighted by molar-refractivity contribution is 5.91. The predicted molar refractivity (Wildman–Crippen MR) is 87.7 cm³/mol. The molecule has 1 saturated carbocycles. The molecule has 0 radical (unpaired) electrons. The van der Waals surface area contributed by atoms with E-state index >= 15 is 0 Å². The van der Waals surface area contributed by atoms with Gasteiger partial charge in [-0.2, -0.15) is 4.98 Å². The molecule has 0 aromatic carbocycles. The van der Waals surface area contributed by atoms with Crippen molar-refractivity contribution in [3.05, 3.63) is 23.8 Å². The summed E-state index contributed by atoms with van der Waals surface area (Å²) in [6.07, 6.45) is 3.86. The van der Waals surface area contributed by atoms with Gasteiger partial charge < -0.3 is 11.1 Å². The molecule has 0 aliphatic heterocycles. The largest absolute Gasteiger partial charge is 0.343 e. The quantitative estimate of drug-likeness (QED) is 0.864. The standard InChI is InChI=1S/C13H18N6O.2ClH/c1-8-5-6-15-12-16-10(18-19(8)12)11(20)17-13(2,7-14)9-3-4-9;;/h5-6,9H,3-4,7,14H2,1-2H3,(H,17,20);2*1H. The van der Waals surface area contributed by atoms with E-state index in [2.05, 4.69) is 20.4 Å². The van der Waals surface area contributed by atoms with E-state index in [4.69, 9.17) is 5.73 Å². The van der Waals surface area contributed by atoms with Gasteiger partial charge in [0.2, 0.25) is 5.82 Å². The summed E-state index contributed by atoms with van der Waals surface area (Å²) in [4.78, 5) is 20.6. The third-order valence-corrected chi connectivity index (χ3v) is 3.93. The maximum absolute atomic E-state index is 12.3. The minimum absolute atomic E-state index is 0. The number of rotatable bonds is 4. The minimum Gasteiger partial charge on any atom is -0.343 e. The van der Waals surface area contributed by atoms with Crippen molar-refractivity contribution in [3.63, 3.8) is 0 Å². The molecule has 2 aromatic heterocycles. The second-order valence-corrected chi connectivity index (χ2v) is 5.58. The molecule has 1 fully saturated rings. The molecule has 1 aliphatic carbocycles. The van der Waals surface area contributed by atoms with Crippen molar-refractivity contribution >= 4 is 36.5 Å². The highest BCUT2D eigenvalue weighted by atomic mass is 35.5. The summed E-state index contributed by atoms with van der Waals surface area (Å²) < 4.78 is 1.56. The van der Waals surface area contributed by atoms with E-state index in [1.807, 2.05) is 19.9 Å². The van der Waals surface area contributed by atoms with Gasteiger partial charge >= 0.3 is 0 Å². The number of fused-ring (bicyclic) bond motifs is 1. The second-order valence-electron chi connectivity index (χ2n) is 5.58. The van der Waals surface area contributed by atoms with E-state index < -0.39 is 0 Å². The average molecular weight is 347 g/mol. The predicted octanol–water partition coefficient (Wildman–Crippen LogP) is 1.13.